The van der Waals surface area contributed by atoms with E-state index in [1.54, 1.807) is 0 Å². The van der Waals surface area contributed by atoms with E-state index in [2.05, 4.69) is 27.9 Å². The van der Waals surface area contributed by atoms with Gasteiger partial charge in [0.1, 0.15) is 6.61 Å². The number of esters is 1. The third-order valence-corrected chi connectivity index (χ3v) is 5.52. The van der Waals surface area contributed by atoms with Crippen molar-refractivity contribution in [3.8, 4) is 0 Å². The van der Waals surface area contributed by atoms with Crippen molar-refractivity contribution < 1.29 is 19.1 Å². The van der Waals surface area contributed by atoms with Crippen molar-refractivity contribution in [1.82, 2.24) is 5.32 Å². The minimum atomic E-state index is -0.431. The number of allylic oxidation sites excluding steroid dienone is 1. The molecule has 0 radical (unpaired) electrons. The molecule has 126 valence electrons. The molecule has 0 bridgehead atoms. The Morgan fingerprint density at radius 1 is 1.33 bits per heavy atom. The number of hydrogen-bond acceptors (Lipinski definition) is 5. The van der Waals surface area contributed by atoms with Crippen LogP contribution in [-0.2, 0) is 19.1 Å². The largest absolute Gasteiger partial charge is 0.466 e. The number of dihydropyridines is 1. The number of halogens is 1. The van der Waals surface area contributed by atoms with Crippen molar-refractivity contribution in [2.45, 2.75) is 19.8 Å². The highest BCUT2D eigenvalue weighted by molar-refractivity contribution is 14.1. The molecule has 1 aromatic rings. The summed E-state index contributed by atoms with van der Waals surface area (Å²) in [7, 11) is 1.36. The summed E-state index contributed by atoms with van der Waals surface area (Å²) >= 11 is 2.26. The molecule has 5 nitrogen and oxygen atoms in total. The zero-order valence-electron chi connectivity index (χ0n) is 13.7. The maximum atomic E-state index is 12.5. The van der Waals surface area contributed by atoms with Gasteiger partial charge in [0, 0.05) is 26.5 Å². The summed E-state index contributed by atoms with van der Waals surface area (Å²) in [6.45, 7) is 4.22. The molecule has 2 aliphatic heterocycles. The molecular formula is C18H18INO4. The van der Waals surface area contributed by atoms with Crippen molar-refractivity contribution in [3.63, 3.8) is 0 Å². The van der Waals surface area contributed by atoms with Crippen LogP contribution in [0.25, 0.3) is 0 Å². The van der Waals surface area contributed by atoms with E-state index < -0.39 is 11.9 Å². The fourth-order valence-corrected chi connectivity index (χ4v) is 3.71. The highest BCUT2D eigenvalue weighted by Crippen LogP contribution is 2.40. The summed E-state index contributed by atoms with van der Waals surface area (Å²) in [6.07, 6.45) is 0. The third kappa shape index (κ3) is 2.88. The number of methoxy groups -OCH3 is 1. The maximum absolute atomic E-state index is 12.5. The molecule has 0 saturated heterocycles. The van der Waals surface area contributed by atoms with E-state index in [9.17, 15) is 9.59 Å². The molecule has 0 saturated carbocycles. The maximum Gasteiger partial charge on any atom is 0.336 e. The monoisotopic (exact) mass is 439 g/mol. The average molecular weight is 439 g/mol. The second kappa shape index (κ2) is 6.68. The molecular weight excluding hydrogens is 421 g/mol. The Hall–Kier alpha value is -1.67. The van der Waals surface area contributed by atoms with Gasteiger partial charge in [-0.25, -0.2) is 4.79 Å². The van der Waals surface area contributed by atoms with Gasteiger partial charge in [0.2, 0.25) is 0 Å². The highest BCUT2D eigenvalue weighted by atomic mass is 127. The molecule has 0 amide bonds. The van der Waals surface area contributed by atoms with Gasteiger partial charge in [-0.1, -0.05) is 12.1 Å². The smallest absolute Gasteiger partial charge is 0.336 e. The summed E-state index contributed by atoms with van der Waals surface area (Å²) in [6, 6.07) is 6.00. The van der Waals surface area contributed by atoms with Gasteiger partial charge >= 0.3 is 5.97 Å². The Morgan fingerprint density at radius 2 is 2.08 bits per heavy atom. The standard InChI is InChI=1S/C18H18INO4/c1-9-4-5-11(6-12(9)19)16-15(18(22)23-3)10(2)20-13-7-24-8-14(21)17(13)16/h4-6,16,20H,7-8H2,1-3H3. The number of Topliss-reactive ketones (excluding diaryl/α,β-unsaturated/α-hetero) is 1. The van der Waals surface area contributed by atoms with Gasteiger partial charge in [-0.05, 0) is 53.6 Å². The van der Waals surface area contributed by atoms with Crippen LogP contribution in [0.2, 0.25) is 0 Å². The van der Waals surface area contributed by atoms with E-state index in [-0.39, 0.29) is 12.4 Å². The number of hydrogen-bond donors (Lipinski definition) is 1. The van der Waals surface area contributed by atoms with Gasteiger partial charge in [-0.3, -0.25) is 4.79 Å². The zero-order valence-corrected chi connectivity index (χ0v) is 15.9. The summed E-state index contributed by atoms with van der Waals surface area (Å²) in [5.41, 5.74) is 4.57. The van der Waals surface area contributed by atoms with Gasteiger partial charge in [0.05, 0.1) is 19.3 Å². The number of ether oxygens (including phenoxy) is 2. The predicted molar refractivity (Wildman–Crippen MR) is 97.3 cm³/mol. The first-order valence-electron chi connectivity index (χ1n) is 7.60. The van der Waals surface area contributed by atoms with Crippen LogP contribution < -0.4 is 5.32 Å². The Bertz CT molecular complexity index is 794. The molecule has 0 fully saturated rings. The second-order valence-electron chi connectivity index (χ2n) is 5.91. The number of benzene rings is 1. The molecule has 0 aromatic heterocycles. The Kier molecular flexibility index (Phi) is 4.78. The van der Waals surface area contributed by atoms with Crippen molar-refractivity contribution in [2.75, 3.05) is 20.3 Å². The fraction of sp³-hybridized carbons (Fsp3) is 0.333. The quantitative estimate of drug-likeness (QED) is 0.567. The van der Waals surface area contributed by atoms with Gasteiger partial charge in [-0.2, -0.15) is 0 Å². The minimum absolute atomic E-state index is 0.0352. The second-order valence-corrected chi connectivity index (χ2v) is 7.07. The van der Waals surface area contributed by atoms with Crippen LogP contribution in [0.5, 0.6) is 0 Å². The normalized spacial score (nSPS) is 20.7. The van der Waals surface area contributed by atoms with Crippen molar-refractivity contribution in [2.24, 2.45) is 0 Å². The topological polar surface area (TPSA) is 64.6 Å². The van der Waals surface area contributed by atoms with E-state index in [0.29, 0.717) is 23.5 Å². The summed E-state index contributed by atoms with van der Waals surface area (Å²) in [5, 5.41) is 3.15. The summed E-state index contributed by atoms with van der Waals surface area (Å²) in [4.78, 5) is 24.9. The van der Waals surface area contributed by atoms with E-state index in [1.807, 2.05) is 32.0 Å². The van der Waals surface area contributed by atoms with Gasteiger partial charge < -0.3 is 14.8 Å². The van der Waals surface area contributed by atoms with Gasteiger partial charge in [-0.15, -0.1) is 0 Å². The molecule has 2 aliphatic rings. The molecule has 0 aliphatic carbocycles. The molecule has 0 spiro atoms. The lowest BCUT2D eigenvalue weighted by Crippen LogP contribution is -2.38. The van der Waals surface area contributed by atoms with E-state index in [4.69, 9.17) is 9.47 Å². The lowest BCUT2D eigenvalue weighted by atomic mass is 9.78. The van der Waals surface area contributed by atoms with Crippen LogP contribution >= 0.6 is 22.6 Å². The lowest BCUT2D eigenvalue weighted by molar-refractivity contribution is -0.136. The Balaban J connectivity index is 2.21. The van der Waals surface area contributed by atoms with Crippen LogP contribution in [-0.4, -0.2) is 32.1 Å². The molecule has 1 aromatic carbocycles. The van der Waals surface area contributed by atoms with E-state index in [1.165, 1.54) is 7.11 Å². The number of aryl methyl sites for hydroxylation is 1. The van der Waals surface area contributed by atoms with Crippen molar-refractivity contribution in [1.29, 1.82) is 0 Å². The summed E-state index contributed by atoms with van der Waals surface area (Å²) < 4.78 is 11.4. The number of carbonyl (C=O) groups is 2. The summed E-state index contributed by atoms with van der Waals surface area (Å²) in [5.74, 6) is -0.955. The number of rotatable bonds is 2. The molecule has 1 unspecified atom stereocenters. The van der Waals surface area contributed by atoms with Crippen LogP contribution in [0.3, 0.4) is 0 Å². The van der Waals surface area contributed by atoms with Crippen LogP contribution in [0.4, 0.5) is 0 Å². The minimum Gasteiger partial charge on any atom is -0.466 e. The molecule has 24 heavy (non-hydrogen) atoms. The molecule has 6 heteroatoms. The Morgan fingerprint density at radius 3 is 2.75 bits per heavy atom. The van der Waals surface area contributed by atoms with Gasteiger partial charge in [0.15, 0.2) is 5.78 Å². The predicted octanol–water partition coefficient (Wildman–Crippen LogP) is 2.59. The molecule has 2 heterocycles. The SMILES string of the molecule is COC(=O)C1=C(C)NC2=C(C(=O)COC2)C1c1ccc(C)c(I)c1. The zero-order chi connectivity index (χ0) is 17.4. The van der Waals surface area contributed by atoms with Crippen LogP contribution in [0, 0.1) is 10.5 Å². The highest BCUT2D eigenvalue weighted by Gasteiger charge is 2.39. The first-order chi connectivity index (χ1) is 11.4. The first-order valence-corrected chi connectivity index (χ1v) is 8.68. The van der Waals surface area contributed by atoms with E-state index in [0.717, 1.165) is 20.4 Å². The van der Waals surface area contributed by atoms with Crippen molar-refractivity contribution >= 4 is 34.3 Å². The lowest BCUT2D eigenvalue weighted by Gasteiger charge is -2.34. The van der Waals surface area contributed by atoms with Crippen molar-refractivity contribution in [3.05, 3.63) is 55.4 Å². The fourth-order valence-electron chi connectivity index (χ4n) is 3.17. The molecule has 1 atom stereocenters. The third-order valence-electron chi connectivity index (χ3n) is 4.36. The average Bonchev–Trinajstić information content (AvgIpc) is 2.55. The van der Waals surface area contributed by atoms with Crippen LogP contribution in [0.1, 0.15) is 24.0 Å². The van der Waals surface area contributed by atoms with Crippen LogP contribution in [0.15, 0.2) is 40.7 Å². The van der Waals surface area contributed by atoms with Gasteiger partial charge in [0.25, 0.3) is 0 Å². The molecule has 3 rings (SSSR count). The number of carbonyl (C=O) groups excluding carboxylic acids is 2. The first kappa shape index (κ1) is 17.2. The molecule has 1 N–H and O–H groups in total. The Labute approximate surface area is 154 Å². The number of ketones is 1. The van der Waals surface area contributed by atoms with E-state index >= 15 is 0 Å². The number of nitrogens with one attached hydrogen (secondary N) is 1.